The van der Waals surface area contributed by atoms with Crippen LogP contribution in [0.4, 0.5) is 10.7 Å². The van der Waals surface area contributed by atoms with E-state index in [1.54, 1.807) is 0 Å². The third-order valence-corrected chi connectivity index (χ3v) is 4.46. The average Bonchev–Trinajstić information content (AvgIpc) is 2.71. The van der Waals surface area contributed by atoms with Crippen molar-refractivity contribution in [2.75, 3.05) is 38.8 Å². The number of hydrogen-bond donors (Lipinski definition) is 2. The summed E-state index contributed by atoms with van der Waals surface area (Å²) in [5.74, 6) is -0.524. The Labute approximate surface area is 123 Å². The third-order valence-electron chi connectivity index (χ3n) is 3.32. The Morgan fingerprint density at radius 1 is 1.55 bits per heavy atom. The summed E-state index contributed by atoms with van der Waals surface area (Å²) >= 11 is 1.14. The number of likely N-dealkylation sites (N-methyl/N-ethyl adjacent to an activating group) is 1. The van der Waals surface area contributed by atoms with Crippen LogP contribution in [0.2, 0.25) is 0 Å². The fourth-order valence-electron chi connectivity index (χ4n) is 1.38. The van der Waals surface area contributed by atoms with Crippen LogP contribution in [0.5, 0.6) is 0 Å². The summed E-state index contributed by atoms with van der Waals surface area (Å²) in [5, 5.41) is 13.0. The maximum absolute atomic E-state index is 11.6. The molecule has 0 amide bonds. The molecule has 1 aromatic heterocycles. The fourth-order valence-corrected chi connectivity index (χ4v) is 2.36. The Kier molecular flexibility index (Phi) is 4.98. The number of nitrogens with one attached hydrogen (secondary N) is 1. The molecule has 0 bridgehead atoms. The molecule has 0 fully saturated rings. The van der Waals surface area contributed by atoms with Crippen molar-refractivity contribution in [1.29, 1.82) is 5.26 Å². The van der Waals surface area contributed by atoms with Gasteiger partial charge in [0, 0.05) is 12.1 Å². The quantitative estimate of drug-likeness (QED) is 0.804. The first-order valence-corrected chi connectivity index (χ1v) is 6.88. The van der Waals surface area contributed by atoms with Crippen LogP contribution in [0.25, 0.3) is 0 Å². The van der Waals surface area contributed by atoms with Crippen molar-refractivity contribution in [3.8, 4) is 6.07 Å². The minimum atomic E-state index is -0.524. The molecule has 3 N–H and O–H groups in total. The molecule has 1 heterocycles. The topological polar surface area (TPSA) is 91.4 Å². The molecule has 0 atom stereocenters. The Hall–Kier alpha value is -1.78. The number of thiophene rings is 1. The van der Waals surface area contributed by atoms with Gasteiger partial charge in [-0.3, -0.25) is 0 Å². The molecule has 1 aromatic rings. The number of carbonyl (C=O) groups is 1. The maximum Gasteiger partial charge on any atom is 0.350 e. The van der Waals surface area contributed by atoms with Gasteiger partial charge < -0.3 is 20.7 Å². The van der Waals surface area contributed by atoms with E-state index in [9.17, 15) is 10.1 Å². The van der Waals surface area contributed by atoms with Crippen molar-refractivity contribution in [2.24, 2.45) is 0 Å². The molecule has 20 heavy (non-hydrogen) atoms. The van der Waals surface area contributed by atoms with Gasteiger partial charge in [0.15, 0.2) is 0 Å². The first-order valence-electron chi connectivity index (χ1n) is 6.06. The molecule has 0 saturated heterocycles. The number of hydrogen-bond acceptors (Lipinski definition) is 7. The summed E-state index contributed by atoms with van der Waals surface area (Å²) < 4.78 is 4.66. The van der Waals surface area contributed by atoms with Crippen molar-refractivity contribution >= 4 is 28.0 Å². The lowest BCUT2D eigenvalue weighted by atomic mass is 10.0. The van der Waals surface area contributed by atoms with Crippen LogP contribution in [-0.2, 0) is 4.74 Å². The summed E-state index contributed by atoms with van der Waals surface area (Å²) in [4.78, 5) is 13.9. The molecule has 1 rings (SSSR count). The summed E-state index contributed by atoms with van der Waals surface area (Å²) in [7, 11) is 5.25. The molecule has 0 aromatic carbocycles. The summed E-state index contributed by atoms with van der Waals surface area (Å²) in [6.07, 6.45) is 0. The lowest BCUT2D eigenvalue weighted by molar-refractivity contribution is 0.0607. The SMILES string of the molecule is COC(=O)c1sc(NCC(C)(C)N(C)C)c(C#N)c1N. The van der Waals surface area contributed by atoms with E-state index >= 15 is 0 Å². The van der Waals surface area contributed by atoms with Crippen molar-refractivity contribution in [3.05, 3.63) is 10.4 Å². The van der Waals surface area contributed by atoms with E-state index in [4.69, 9.17) is 5.73 Å². The molecule has 7 heteroatoms. The number of nitrogens with two attached hydrogens (primary N) is 1. The molecule has 110 valence electrons. The number of ether oxygens (including phenoxy) is 1. The average molecular weight is 296 g/mol. The van der Waals surface area contributed by atoms with E-state index in [2.05, 4.69) is 28.8 Å². The van der Waals surface area contributed by atoms with Gasteiger partial charge in [-0.05, 0) is 27.9 Å². The van der Waals surface area contributed by atoms with Gasteiger partial charge in [0.1, 0.15) is 21.5 Å². The van der Waals surface area contributed by atoms with E-state index in [1.807, 2.05) is 20.2 Å². The molecule has 6 nitrogen and oxygen atoms in total. The molecular weight excluding hydrogens is 276 g/mol. The number of carbonyl (C=O) groups excluding carboxylic acids is 1. The number of nitrogen functional groups attached to an aromatic ring is 1. The number of rotatable bonds is 5. The monoisotopic (exact) mass is 296 g/mol. The van der Waals surface area contributed by atoms with Gasteiger partial charge in [0.25, 0.3) is 0 Å². The predicted octanol–water partition coefficient (Wildman–Crippen LogP) is 1.74. The van der Waals surface area contributed by atoms with Crippen molar-refractivity contribution in [3.63, 3.8) is 0 Å². The van der Waals surface area contributed by atoms with Crippen LogP contribution in [0.3, 0.4) is 0 Å². The molecule has 0 aliphatic heterocycles. The van der Waals surface area contributed by atoms with E-state index in [-0.39, 0.29) is 16.1 Å². The predicted molar refractivity (Wildman–Crippen MR) is 81.0 cm³/mol. The highest BCUT2D eigenvalue weighted by molar-refractivity contribution is 7.18. The molecule has 0 aliphatic carbocycles. The molecule has 0 unspecified atom stereocenters. The van der Waals surface area contributed by atoms with Crippen LogP contribution in [0.15, 0.2) is 0 Å². The van der Waals surface area contributed by atoms with Crippen LogP contribution in [0.1, 0.15) is 29.1 Å². The van der Waals surface area contributed by atoms with Gasteiger partial charge in [0.2, 0.25) is 0 Å². The van der Waals surface area contributed by atoms with E-state index < -0.39 is 5.97 Å². The second-order valence-electron chi connectivity index (χ2n) is 5.21. The second kappa shape index (κ2) is 6.11. The van der Waals surface area contributed by atoms with E-state index in [0.717, 1.165) is 11.3 Å². The first kappa shape index (κ1) is 16.3. The standard InChI is InChI=1S/C13H20N4O2S/c1-13(2,17(3)4)7-16-11-8(6-14)9(15)10(20-11)12(18)19-5/h16H,7,15H2,1-5H3. The normalized spacial score (nSPS) is 11.2. The Morgan fingerprint density at radius 3 is 2.60 bits per heavy atom. The zero-order valence-electron chi connectivity index (χ0n) is 12.4. The Morgan fingerprint density at radius 2 is 2.15 bits per heavy atom. The van der Waals surface area contributed by atoms with Gasteiger partial charge in [0.05, 0.1) is 12.8 Å². The van der Waals surface area contributed by atoms with Gasteiger partial charge >= 0.3 is 5.97 Å². The highest BCUT2D eigenvalue weighted by atomic mass is 32.1. The highest BCUT2D eigenvalue weighted by Crippen LogP contribution is 2.35. The van der Waals surface area contributed by atoms with Gasteiger partial charge in [-0.2, -0.15) is 5.26 Å². The lowest BCUT2D eigenvalue weighted by Gasteiger charge is -2.32. The number of nitriles is 1. The molecular formula is C13H20N4O2S. The van der Waals surface area contributed by atoms with Crippen LogP contribution < -0.4 is 11.1 Å². The second-order valence-corrected chi connectivity index (χ2v) is 6.23. The number of methoxy groups -OCH3 is 1. The Balaban J connectivity index is 3.03. The van der Waals surface area contributed by atoms with E-state index in [0.29, 0.717) is 17.1 Å². The first-order chi connectivity index (χ1) is 9.24. The minimum absolute atomic E-state index is 0.100. The number of anilines is 2. The minimum Gasteiger partial charge on any atom is -0.465 e. The zero-order valence-corrected chi connectivity index (χ0v) is 13.2. The van der Waals surface area contributed by atoms with Gasteiger partial charge in [-0.25, -0.2) is 4.79 Å². The van der Waals surface area contributed by atoms with Crippen LogP contribution in [-0.4, -0.2) is 44.2 Å². The molecule has 0 spiro atoms. The summed E-state index contributed by atoms with van der Waals surface area (Å²) in [6.45, 7) is 4.77. The summed E-state index contributed by atoms with van der Waals surface area (Å²) in [6, 6.07) is 2.03. The molecule has 0 aliphatic rings. The lowest BCUT2D eigenvalue weighted by Crippen LogP contribution is -2.44. The molecule has 0 saturated carbocycles. The molecule has 0 radical (unpaired) electrons. The van der Waals surface area contributed by atoms with Crippen LogP contribution in [0, 0.1) is 11.3 Å². The van der Waals surface area contributed by atoms with Crippen LogP contribution >= 0.6 is 11.3 Å². The zero-order chi connectivity index (χ0) is 15.5. The van der Waals surface area contributed by atoms with Crippen molar-refractivity contribution in [2.45, 2.75) is 19.4 Å². The van der Waals surface area contributed by atoms with Gasteiger partial charge in [-0.1, -0.05) is 0 Å². The summed E-state index contributed by atoms with van der Waals surface area (Å²) in [5.41, 5.74) is 6.20. The maximum atomic E-state index is 11.6. The van der Waals surface area contributed by atoms with E-state index in [1.165, 1.54) is 7.11 Å². The van der Waals surface area contributed by atoms with Gasteiger partial charge in [-0.15, -0.1) is 11.3 Å². The number of esters is 1. The Bertz CT molecular complexity index is 543. The fraction of sp³-hybridized carbons (Fsp3) is 0.538. The number of nitrogens with zero attached hydrogens (tertiary/aromatic N) is 2. The van der Waals surface area contributed by atoms with Crippen molar-refractivity contribution < 1.29 is 9.53 Å². The smallest absolute Gasteiger partial charge is 0.350 e. The van der Waals surface area contributed by atoms with Crippen molar-refractivity contribution in [1.82, 2.24) is 4.90 Å². The highest BCUT2D eigenvalue weighted by Gasteiger charge is 2.24. The third kappa shape index (κ3) is 3.21. The largest absolute Gasteiger partial charge is 0.465 e.